The zero-order valence-electron chi connectivity index (χ0n) is 12.1. The summed E-state index contributed by atoms with van der Waals surface area (Å²) in [6.45, 7) is 11.1. The molecule has 0 aromatic heterocycles. The molecule has 1 aliphatic rings. The minimum absolute atomic E-state index is 0.167. The Bertz CT molecular complexity index is 199. The van der Waals surface area contributed by atoms with Gasteiger partial charge in [-0.15, -0.1) is 0 Å². The highest BCUT2D eigenvalue weighted by Crippen LogP contribution is 2.39. The maximum absolute atomic E-state index is 9.17. The molecule has 1 fully saturated rings. The molecule has 1 unspecified atom stereocenters. The van der Waals surface area contributed by atoms with Crippen LogP contribution in [0.2, 0.25) is 0 Å². The van der Waals surface area contributed by atoms with Crippen molar-refractivity contribution in [2.75, 3.05) is 13.1 Å². The van der Waals surface area contributed by atoms with Crippen LogP contribution in [-0.4, -0.2) is 24.3 Å². The van der Waals surface area contributed by atoms with Gasteiger partial charge in [-0.25, -0.2) is 0 Å². The average molecular weight is 241 g/mol. The van der Waals surface area contributed by atoms with Crippen LogP contribution in [0, 0.1) is 17.3 Å². The fourth-order valence-corrected chi connectivity index (χ4v) is 2.85. The lowest BCUT2D eigenvalue weighted by Gasteiger charge is -2.37. The van der Waals surface area contributed by atoms with E-state index in [1.165, 1.54) is 25.7 Å². The van der Waals surface area contributed by atoms with Crippen molar-refractivity contribution in [1.29, 1.82) is 0 Å². The fraction of sp³-hybridized carbons (Fsp3) is 1.00. The first-order valence-electron chi connectivity index (χ1n) is 7.28. The molecule has 2 heteroatoms. The van der Waals surface area contributed by atoms with Crippen molar-refractivity contribution in [3.63, 3.8) is 0 Å². The topological polar surface area (TPSA) is 32.3 Å². The number of aliphatic hydroxyl groups excluding tert-OH is 1. The summed E-state index contributed by atoms with van der Waals surface area (Å²) < 4.78 is 0. The number of aliphatic hydroxyl groups is 1. The molecule has 2 N–H and O–H groups in total. The third-order valence-corrected chi connectivity index (χ3v) is 4.24. The van der Waals surface area contributed by atoms with Gasteiger partial charge in [-0.2, -0.15) is 0 Å². The summed E-state index contributed by atoms with van der Waals surface area (Å²) in [7, 11) is 0. The van der Waals surface area contributed by atoms with Gasteiger partial charge in [-0.05, 0) is 69.4 Å². The predicted molar refractivity (Wildman–Crippen MR) is 74.1 cm³/mol. The number of hydrogen-bond acceptors (Lipinski definition) is 2. The summed E-state index contributed by atoms with van der Waals surface area (Å²) in [5.74, 6) is 1.78. The van der Waals surface area contributed by atoms with E-state index >= 15 is 0 Å². The highest BCUT2D eigenvalue weighted by Gasteiger charge is 2.29. The standard InChI is InChI=1S/C15H31NO/c1-12(17)9-10-16-11-13-5-7-14(8-6-13)15(2,3)4/h12-14,16-17H,5-11H2,1-4H3. The second-order valence-electron chi connectivity index (χ2n) is 6.93. The molecule has 0 saturated heterocycles. The van der Waals surface area contributed by atoms with E-state index in [1.807, 2.05) is 6.92 Å². The van der Waals surface area contributed by atoms with Gasteiger partial charge < -0.3 is 10.4 Å². The summed E-state index contributed by atoms with van der Waals surface area (Å²) >= 11 is 0. The summed E-state index contributed by atoms with van der Waals surface area (Å²) in [4.78, 5) is 0. The van der Waals surface area contributed by atoms with E-state index in [0.717, 1.165) is 31.3 Å². The van der Waals surface area contributed by atoms with Gasteiger partial charge in [0.15, 0.2) is 0 Å². The van der Waals surface area contributed by atoms with Crippen LogP contribution < -0.4 is 5.32 Å². The molecule has 0 aromatic carbocycles. The first kappa shape index (κ1) is 15.0. The molecule has 0 spiro atoms. The normalized spacial score (nSPS) is 28.1. The molecule has 0 radical (unpaired) electrons. The lowest BCUT2D eigenvalue weighted by atomic mass is 9.70. The molecule has 1 rings (SSSR count). The molecule has 1 aliphatic carbocycles. The number of hydrogen-bond donors (Lipinski definition) is 2. The third kappa shape index (κ3) is 5.87. The Hall–Kier alpha value is -0.0800. The van der Waals surface area contributed by atoms with Gasteiger partial charge in [-0.1, -0.05) is 20.8 Å². The monoisotopic (exact) mass is 241 g/mol. The molecule has 1 saturated carbocycles. The minimum atomic E-state index is -0.167. The van der Waals surface area contributed by atoms with Crippen LogP contribution in [0.1, 0.15) is 59.8 Å². The van der Waals surface area contributed by atoms with E-state index in [1.54, 1.807) is 0 Å². The lowest BCUT2D eigenvalue weighted by Crippen LogP contribution is -2.31. The van der Waals surface area contributed by atoms with Gasteiger partial charge in [0.05, 0.1) is 6.10 Å². The molecular weight excluding hydrogens is 210 g/mol. The molecule has 0 aromatic rings. The molecular formula is C15H31NO. The Morgan fingerprint density at radius 3 is 2.24 bits per heavy atom. The Labute approximate surface area is 107 Å². The van der Waals surface area contributed by atoms with Crippen molar-refractivity contribution in [1.82, 2.24) is 5.32 Å². The van der Waals surface area contributed by atoms with Crippen molar-refractivity contribution < 1.29 is 5.11 Å². The third-order valence-electron chi connectivity index (χ3n) is 4.24. The molecule has 0 aliphatic heterocycles. The predicted octanol–water partition coefficient (Wildman–Crippen LogP) is 3.20. The van der Waals surface area contributed by atoms with Crippen molar-refractivity contribution in [3.05, 3.63) is 0 Å². The van der Waals surface area contributed by atoms with Crippen molar-refractivity contribution in [3.8, 4) is 0 Å². The summed E-state index contributed by atoms with van der Waals surface area (Å²) in [6.07, 6.45) is 6.25. The molecule has 102 valence electrons. The SMILES string of the molecule is CC(O)CCNCC1CCC(C(C)(C)C)CC1. The zero-order valence-corrected chi connectivity index (χ0v) is 12.1. The lowest BCUT2D eigenvalue weighted by molar-refractivity contribution is 0.147. The second-order valence-corrected chi connectivity index (χ2v) is 6.93. The van der Waals surface area contributed by atoms with Gasteiger partial charge in [0.1, 0.15) is 0 Å². The maximum Gasteiger partial charge on any atom is 0.0524 e. The Kier molecular flexibility index (Phi) is 5.94. The number of rotatable bonds is 5. The first-order valence-corrected chi connectivity index (χ1v) is 7.28. The summed E-state index contributed by atoms with van der Waals surface area (Å²) in [5, 5.41) is 12.7. The highest BCUT2D eigenvalue weighted by molar-refractivity contribution is 4.81. The molecule has 17 heavy (non-hydrogen) atoms. The zero-order chi connectivity index (χ0) is 12.9. The Balaban J connectivity index is 2.11. The highest BCUT2D eigenvalue weighted by atomic mass is 16.3. The van der Waals surface area contributed by atoms with Crippen LogP contribution in [0.5, 0.6) is 0 Å². The second kappa shape index (κ2) is 6.75. The summed E-state index contributed by atoms with van der Waals surface area (Å²) in [6, 6.07) is 0. The minimum Gasteiger partial charge on any atom is -0.393 e. The van der Waals surface area contributed by atoms with E-state index in [9.17, 15) is 5.11 Å². The van der Waals surface area contributed by atoms with E-state index in [0.29, 0.717) is 5.41 Å². The molecule has 2 nitrogen and oxygen atoms in total. The van der Waals surface area contributed by atoms with Gasteiger partial charge in [0.25, 0.3) is 0 Å². The molecule has 0 amide bonds. The average Bonchev–Trinajstić information content (AvgIpc) is 2.23. The quantitative estimate of drug-likeness (QED) is 0.725. The van der Waals surface area contributed by atoms with Crippen LogP contribution in [0.4, 0.5) is 0 Å². The number of nitrogens with one attached hydrogen (secondary N) is 1. The van der Waals surface area contributed by atoms with Gasteiger partial charge in [0.2, 0.25) is 0 Å². The fourth-order valence-electron chi connectivity index (χ4n) is 2.85. The molecule has 0 heterocycles. The summed E-state index contributed by atoms with van der Waals surface area (Å²) in [5.41, 5.74) is 0.491. The van der Waals surface area contributed by atoms with Gasteiger partial charge >= 0.3 is 0 Å². The van der Waals surface area contributed by atoms with Crippen molar-refractivity contribution in [2.45, 2.75) is 65.9 Å². The van der Waals surface area contributed by atoms with Crippen LogP contribution in [0.25, 0.3) is 0 Å². The van der Waals surface area contributed by atoms with Crippen LogP contribution >= 0.6 is 0 Å². The van der Waals surface area contributed by atoms with Gasteiger partial charge in [-0.3, -0.25) is 0 Å². The largest absolute Gasteiger partial charge is 0.393 e. The molecule has 0 bridgehead atoms. The van der Waals surface area contributed by atoms with E-state index in [2.05, 4.69) is 26.1 Å². The van der Waals surface area contributed by atoms with Crippen molar-refractivity contribution >= 4 is 0 Å². The van der Waals surface area contributed by atoms with Crippen LogP contribution in [0.3, 0.4) is 0 Å². The van der Waals surface area contributed by atoms with Crippen molar-refractivity contribution in [2.24, 2.45) is 17.3 Å². The van der Waals surface area contributed by atoms with Crippen LogP contribution in [0.15, 0.2) is 0 Å². The maximum atomic E-state index is 9.17. The smallest absolute Gasteiger partial charge is 0.0524 e. The Morgan fingerprint density at radius 2 is 1.76 bits per heavy atom. The Morgan fingerprint density at radius 1 is 1.18 bits per heavy atom. The molecule has 1 atom stereocenters. The van der Waals surface area contributed by atoms with E-state index in [-0.39, 0.29) is 6.10 Å². The van der Waals surface area contributed by atoms with Crippen LogP contribution in [-0.2, 0) is 0 Å². The van der Waals surface area contributed by atoms with E-state index < -0.39 is 0 Å². The first-order chi connectivity index (χ1) is 7.89. The van der Waals surface area contributed by atoms with E-state index in [4.69, 9.17) is 0 Å². The van der Waals surface area contributed by atoms with Gasteiger partial charge in [0, 0.05) is 0 Å².